The molecule has 0 saturated carbocycles. The molecule has 1 aromatic carbocycles. The highest BCUT2D eigenvalue weighted by molar-refractivity contribution is 7.15. The van der Waals surface area contributed by atoms with Gasteiger partial charge >= 0.3 is 0 Å². The number of carbonyl (C=O) groups excluding carboxylic acids is 1. The molecule has 0 N–H and O–H groups in total. The molecule has 3 nitrogen and oxygen atoms in total. The first-order valence-corrected chi connectivity index (χ1v) is 8.05. The van der Waals surface area contributed by atoms with Gasteiger partial charge in [-0.15, -0.1) is 11.3 Å². The second kappa shape index (κ2) is 7.77. The molecule has 1 aromatic heterocycles. The van der Waals surface area contributed by atoms with Crippen LogP contribution in [0.1, 0.15) is 20.1 Å². The molecule has 0 unspecified atom stereocenters. The summed E-state index contributed by atoms with van der Waals surface area (Å²) in [5.41, 5.74) is 1.41. The average molecular weight is 343 g/mol. The van der Waals surface area contributed by atoms with Crippen molar-refractivity contribution in [3.8, 4) is 6.07 Å². The highest BCUT2D eigenvalue weighted by Crippen LogP contribution is 2.26. The lowest BCUT2D eigenvalue weighted by Gasteiger charge is -2.01. The van der Waals surface area contributed by atoms with Crippen molar-refractivity contribution in [1.29, 1.82) is 5.26 Å². The molecule has 0 aliphatic rings. The van der Waals surface area contributed by atoms with E-state index in [9.17, 15) is 10.1 Å². The van der Waals surface area contributed by atoms with Crippen LogP contribution in [-0.4, -0.2) is 24.8 Å². The van der Waals surface area contributed by atoms with Gasteiger partial charge < -0.3 is 4.90 Å². The number of nitriles is 1. The second-order valence-electron chi connectivity index (χ2n) is 5.03. The Hall–Kier alpha value is -2.35. The summed E-state index contributed by atoms with van der Waals surface area (Å²) in [5.74, 6) is -0.0706. The summed E-state index contributed by atoms with van der Waals surface area (Å²) in [7, 11) is 3.71. The molecule has 5 heteroatoms. The smallest absolute Gasteiger partial charge is 0.197 e. The average Bonchev–Trinajstić information content (AvgIpc) is 3.02. The van der Waals surface area contributed by atoms with Crippen molar-refractivity contribution in [2.75, 3.05) is 14.1 Å². The number of hydrogen-bond acceptors (Lipinski definition) is 4. The summed E-state index contributed by atoms with van der Waals surface area (Å²) >= 11 is 7.17. The van der Waals surface area contributed by atoms with E-state index < -0.39 is 0 Å². The molecule has 0 amide bonds. The first-order valence-electron chi connectivity index (χ1n) is 6.86. The third-order valence-electron chi connectivity index (χ3n) is 2.94. The fourth-order valence-electron chi connectivity index (χ4n) is 1.80. The minimum Gasteiger partial charge on any atom is -0.383 e. The van der Waals surface area contributed by atoms with Gasteiger partial charge in [-0.3, -0.25) is 4.79 Å². The van der Waals surface area contributed by atoms with E-state index in [1.165, 1.54) is 17.4 Å². The lowest BCUT2D eigenvalue weighted by molar-refractivity contribution is 0.104. The number of hydrogen-bond donors (Lipinski definition) is 0. The van der Waals surface area contributed by atoms with Crippen LogP contribution in [0.5, 0.6) is 0 Å². The standard InChI is InChI=1S/C18H15ClN2OS/c1-21(2)10-9-16(22)18-8-7-17(23-18)14(12-20)11-13-3-5-15(19)6-4-13/h3-11H,1-2H3. The third-order valence-corrected chi connectivity index (χ3v) is 4.32. The predicted molar refractivity (Wildman–Crippen MR) is 96.4 cm³/mol. The summed E-state index contributed by atoms with van der Waals surface area (Å²) in [6.45, 7) is 0. The number of benzene rings is 1. The third kappa shape index (κ3) is 4.82. The monoisotopic (exact) mass is 342 g/mol. The van der Waals surface area contributed by atoms with Gasteiger partial charge in [-0.1, -0.05) is 23.7 Å². The molecule has 23 heavy (non-hydrogen) atoms. The van der Waals surface area contributed by atoms with Crippen molar-refractivity contribution in [1.82, 2.24) is 4.90 Å². The Bertz CT molecular complexity index is 795. The lowest BCUT2D eigenvalue weighted by atomic mass is 10.1. The summed E-state index contributed by atoms with van der Waals surface area (Å²) < 4.78 is 0. The van der Waals surface area contributed by atoms with Crippen LogP contribution in [0.15, 0.2) is 48.7 Å². The molecule has 1 heterocycles. The molecule has 0 fully saturated rings. The van der Waals surface area contributed by atoms with Gasteiger partial charge in [-0.2, -0.15) is 5.26 Å². The number of halogens is 1. The topological polar surface area (TPSA) is 44.1 Å². The number of carbonyl (C=O) groups is 1. The van der Waals surface area contributed by atoms with E-state index >= 15 is 0 Å². The van der Waals surface area contributed by atoms with Gasteiger partial charge in [-0.25, -0.2) is 0 Å². The molecule has 0 bridgehead atoms. The molecule has 116 valence electrons. The number of nitrogens with zero attached hydrogens (tertiary/aromatic N) is 2. The maximum Gasteiger partial charge on any atom is 0.197 e. The fraction of sp³-hybridized carbons (Fsp3) is 0.111. The van der Waals surface area contributed by atoms with Crippen LogP contribution in [0.25, 0.3) is 11.6 Å². The van der Waals surface area contributed by atoms with Crippen molar-refractivity contribution in [3.63, 3.8) is 0 Å². The minimum absolute atomic E-state index is 0.0706. The minimum atomic E-state index is -0.0706. The van der Waals surface area contributed by atoms with E-state index in [1.54, 1.807) is 41.4 Å². The van der Waals surface area contributed by atoms with Gasteiger partial charge in [0.2, 0.25) is 0 Å². The lowest BCUT2D eigenvalue weighted by Crippen LogP contribution is -2.02. The molecule has 2 aromatic rings. The molecule has 2 rings (SSSR count). The van der Waals surface area contributed by atoms with Crippen molar-refractivity contribution < 1.29 is 4.79 Å². The van der Waals surface area contributed by atoms with E-state index in [4.69, 9.17) is 11.6 Å². The summed E-state index contributed by atoms with van der Waals surface area (Å²) in [5, 5.41) is 10.0. The predicted octanol–water partition coefficient (Wildman–Crippen LogP) is 4.72. The zero-order valence-electron chi connectivity index (χ0n) is 12.8. The van der Waals surface area contributed by atoms with E-state index in [-0.39, 0.29) is 5.78 Å². The largest absolute Gasteiger partial charge is 0.383 e. The van der Waals surface area contributed by atoms with Crippen LogP contribution in [0, 0.1) is 11.3 Å². The van der Waals surface area contributed by atoms with Crippen LogP contribution in [0.4, 0.5) is 0 Å². The van der Waals surface area contributed by atoms with E-state index in [2.05, 4.69) is 6.07 Å². The molecule has 0 saturated heterocycles. The number of allylic oxidation sites excluding steroid dienone is 2. The number of ketones is 1. The van der Waals surface area contributed by atoms with Crippen molar-refractivity contribution in [2.45, 2.75) is 0 Å². The van der Waals surface area contributed by atoms with E-state index in [0.717, 1.165) is 10.4 Å². The Morgan fingerprint density at radius 1 is 1.17 bits per heavy atom. The van der Waals surface area contributed by atoms with Gasteiger partial charge in [-0.05, 0) is 35.9 Å². The first-order chi connectivity index (χ1) is 11.0. The highest BCUT2D eigenvalue weighted by Gasteiger charge is 2.10. The SMILES string of the molecule is CN(C)C=CC(=O)c1ccc(C(C#N)=Cc2ccc(Cl)cc2)s1. The quantitative estimate of drug-likeness (QED) is 0.448. The van der Waals surface area contributed by atoms with Crippen LogP contribution >= 0.6 is 22.9 Å². The molecule has 0 atom stereocenters. The summed E-state index contributed by atoms with van der Waals surface area (Å²) in [4.78, 5) is 15.2. The van der Waals surface area contributed by atoms with Gasteiger partial charge in [0.1, 0.15) is 6.07 Å². The van der Waals surface area contributed by atoms with E-state index in [1.807, 2.05) is 26.2 Å². The van der Waals surface area contributed by atoms with Crippen molar-refractivity contribution in [2.24, 2.45) is 0 Å². The molecule has 0 spiro atoms. The number of rotatable bonds is 5. The maximum absolute atomic E-state index is 12.0. The van der Waals surface area contributed by atoms with Crippen molar-refractivity contribution >= 4 is 40.4 Å². The van der Waals surface area contributed by atoms with Crippen LogP contribution in [0.3, 0.4) is 0 Å². The van der Waals surface area contributed by atoms with Crippen LogP contribution < -0.4 is 0 Å². The Labute approximate surface area is 144 Å². The van der Waals surface area contributed by atoms with Gasteiger partial charge in [0, 0.05) is 36.3 Å². The molecule has 0 radical (unpaired) electrons. The molecular formula is C18H15ClN2OS. The van der Waals surface area contributed by atoms with Gasteiger partial charge in [0.15, 0.2) is 5.78 Å². The van der Waals surface area contributed by atoms with Crippen molar-refractivity contribution in [3.05, 3.63) is 69.0 Å². The summed E-state index contributed by atoms with van der Waals surface area (Å²) in [6, 6.07) is 13.0. The van der Waals surface area contributed by atoms with Gasteiger partial charge in [0.05, 0.1) is 10.5 Å². The molecular weight excluding hydrogens is 328 g/mol. The second-order valence-corrected chi connectivity index (χ2v) is 6.55. The van der Waals surface area contributed by atoms with Gasteiger partial charge in [0.25, 0.3) is 0 Å². The van der Waals surface area contributed by atoms with E-state index in [0.29, 0.717) is 15.5 Å². The normalized spacial score (nSPS) is 11.5. The van der Waals surface area contributed by atoms with Crippen LogP contribution in [0.2, 0.25) is 5.02 Å². The number of thiophene rings is 1. The zero-order valence-corrected chi connectivity index (χ0v) is 14.4. The highest BCUT2D eigenvalue weighted by atomic mass is 35.5. The Morgan fingerprint density at radius 2 is 1.83 bits per heavy atom. The first kappa shape index (κ1) is 17.0. The maximum atomic E-state index is 12.0. The Morgan fingerprint density at radius 3 is 2.43 bits per heavy atom. The zero-order chi connectivity index (χ0) is 16.8. The molecule has 0 aliphatic carbocycles. The fourth-order valence-corrected chi connectivity index (χ4v) is 2.82. The van der Waals surface area contributed by atoms with Crippen LogP contribution in [-0.2, 0) is 0 Å². The Kier molecular flexibility index (Phi) is 5.75. The Balaban J connectivity index is 2.25. The molecule has 0 aliphatic heterocycles. The summed E-state index contributed by atoms with van der Waals surface area (Å²) in [6.07, 6.45) is 5.01.